The molecule has 0 unspecified atom stereocenters. The number of hydrogen-bond acceptors (Lipinski definition) is 6. The van der Waals surface area contributed by atoms with Crippen LogP contribution >= 0.6 is 11.6 Å². The second-order valence-electron chi connectivity index (χ2n) is 8.44. The van der Waals surface area contributed by atoms with Crippen LogP contribution in [-0.2, 0) is 21.0 Å². The molecule has 0 bridgehead atoms. The van der Waals surface area contributed by atoms with Gasteiger partial charge in [0.1, 0.15) is 6.61 Å². The second-order valence-corrected chi connectivity index (χ2v) is 8.88. The highest BCUT2D eigenvalue weighted by Crippen LogP contribution is 2.46. The van der Waals surface area contributed by atoms with Crippen LogP contribution in [0.1, 0.15) is 24.1 Å². The molecule has 0 aliphatic carbocycles. The van der Waals surface area contributed by atoms with Gasteiger partial charge in [-0.15, -0.1) is 0 Å². The second kappa shape index (κ2) is 9.70. The van der Waals surface area contributed by atoms with Crippen LogP contribution in [0.25, 0.3) is 0 Å². The summed E-state index contributed by atoms with van der Waals surface area (Å²) >= 11 is 5.98. The molecule has 2 aliphatic heterocycles. The smallest absolute Gasteiger partial charge is 0.265 e. The lowest BCUT2D eigenvalue weighted by molar-refractivity contribution is -0.160. The number of amides is 2. The number of halogens is 1. The van der Waals surface area contributed by atoms with E-state index in [1.807, 2.05) is 55.5 Å². The van der Waals surface area contributed by atoms with Gasteiger partial charge in [-0.3, -0.25) is 14.4 Å². The van der Waals surface area contributed by atoms with Crippen LogP contribution in [0.4, 0.5) is 5.69 Å². The van der Waals surface area contributed by atoms with E-state index in [-0.39, 0.29) is 11.8 Å². The molecule has 3 aromatic rings. The third kappa shape index (κ3) is 4.38. The molecule has 35 heavy (non-hydrogen) atoms. The zero-order valence-electron chi connectivity index (χ0n) is 19.4. The van der Waals surface area contributed by atoms with Crippen molar-refractivity contribution < 1.29 is 23.9 Å². The van der Waals surface area contributed by atoms with Crippen molar-refractivity contribution in [2.75, 3.05) is 18.6 Å². The van der Waals surface area contributed by atoms with Crippen LogP contribution in [0.15, 0.2) is 72.8 Å². The van der Waals surface area contributed by atoms with E-state index in [0.717, 1.165) is 11.1 Å². The van der Waals surface area contributed by atoms with Crippen molar-refractivity contribution in [1.82, 2.24) is 5.06 Å². The number of benzene rings is 3. The van der Waals surface area contributed by atoms with Gasteiger partial charge in [-0.2, -0.15) is 5.06 Å². The van der Waals surface area contributed by atoms with Crippen molar-refractivity contribution in [1.29, 1.82) is 0 Å². The molecule has 2 heterocycles. The molecule has 0 radical (unpaired) electrons. The Balaban J connectivity index is 1.42. The summed E-state index contributed by atoms with van der Waals surface area (Å²) in [6.07, 6.45) is -0.891. The monoisotopic (exact) mass is 492 g/mol. The van der Waals surface area contributed by atoms with Gasteiger partial charge in [-0.1, -0.05) is 48.0 Å². The fourth-order valence-corrected chi connectivity index (χ4v) is 4.77. The number of hydrogen-bond donors (Lipinski definition) is 0. The Morgan fingerprint density at radius 1 is 0.914 bits per heavy atom. The molecule has 2 amide bonds. The van der Waals surface area contributed by atoms with E-state index >= 15 is 0 Å². The molecule has 180 valence electrons. The largest absolute Gasteiger partial charge is 0.490 e. The number of imide groups is 1. The van der Waals surface area contributed by atoms with Gasteiger partial charge < -0.3 is 9.47 Å². The molecular weight excluding hydrogens is 468 g/mol. The van der Waals surface area contributed by atoms with E-state index < -0.39 is 18.1 Å². The number of ether oxygens (including phenoxy) is 2. The Labute approximate surface area is 208 Å². The van der Waals surface area contributed by atoms with E-state index in [1.54, 1.807) is 36.4 Å². The van der Waals surface area contributed by atoms with Crippen molar-refractivity contribution in [2.24, 2.45) is 5.92 Å². The van der Waals surface area contributed by atoms with Gasteiger partial charge in [0.2, 0.25) is 5.91 Å². The fourth-order valence-electron chi connectivity index (χ4n) is 4.64. The maximum atomic E-state index is 13.5. The number of fused-ring (bicyclic) bond motifs is 1. The van der Waals surface area contributed by atoms with E-state index in [1.165, 1.54) is 4.90 Å². The van der Waals surface area contributed by atoms with Gasteiger partial charge in [0.15, 0.2) is 17.6 Å². The van der Waals surface area contributed by atoms with E-state index in [0.29, 0.717) is 35.4 Å². The predicted molar refractivity (Wildman–Crippen MR) is 131 cm³/mol. The topological polar surface area (TPSA) is 68.3 Å². The van der Waals surface area contributed by atoms with Gasteiger partial charge in [0.25, 0.3) is 5.91 Å². The molecule has 7 nitrogen and oxygen atoms in total. The summed E-state index contributed by atoms with van der Waals surface area (Å²) in [5.74, 6) is -0.199. The molecule has 2 saturated heterocycles. The average Bonchev–Trinajstić information content (AvgIpc) is 3.33. The van der Waals surface area contributed by atoms with Gasteiger partial charge in [0, 0.05) is 12.1 Å². The third-order valence-electron chi connectivity index (χ3n) is 6.24. The number of hydroxylamine groups is 2. The van der Waals surface area contributed by atoms with Crippen molar-refractivity contribution in [3.05, 3.63) is 88.9 Å². The SMILES string of the molecule is CCOc1cc([C@@H]2[C@@H]3C(=O)N(c4ccc(Cl)cc4)C(=O)[C@H]3ON2C)ccc1OCc1ccccc1. The van der Waals surface area contributed by atoms with Crippen molar-refractivity contribution in [3.8, 4) is 11.5 Å². The molecule has 2 fully saturated rings. The molecule has 0 N–H and O–H groups in total. The minimum Gasteiger partial charge on any atom is -0.490 e. The molecule has 3 atom stereocenters. The number of rotatable bonds is 7. The van der Waals surface area contributed by atoms with Crippen molar-refractivity contribution in [2.45, 2.75) is 25.7 Å². The Morgan fingerprint density at radius 3 is 2.37 bits per heavy atom. The first-order valence-corrected chi connectivity index (χ1v) is 11.8. The van der Waals surface area contributed by atoms with Crippen molar-refractivity contribution in [3.63, 3.8) is 0 Å². The number of carbonyl (C=O) groups excluding carboxylic acids is 2. The summed E-state index contributed by atoms with van der Waals surface area (Å²) in [5.41, 5.74) is 2.32. The first-order valence-electron chi connectivity index (χ1n) is 11.4. The standard InChI is InChI=1S/C27H25ClN2O5/c1-3-33-22-15-18(9-14-21(22)34-16-17-7-5-4-6-8-17)24-23-25(35-29(24)2)27(32)30(26(23)31)20-12-10-19(28)11-13-20/h4-15,23-25H,3,16H2,1-2H3/t23-,24+,25-/m0/s1. The summed E-state index contributed by atoms with van der Waals surface area (Å²) in [4.78, 5) is 33.6. The summed E-state index contributed by atoms with van der Waals surface area (Å²) < 4.78 is 11.9. The summed E-state index contributed by atoms with van der Waals surface area (Å²) in [6, 6.07) is 21.6. The Bertz CT molecular complexity index is 1230. The van der Waals surface area contributed by atoms with Crippen LogP contribution in [0, 0.1) is 5.92 Å². The highest BCUT2D eigenvalue weighted by molar-refractivity contribution is 6.31. The van der Waals surface area contributed by atoms with Crippen LogP contribution in [-0.4, -0.2) is 36.6 Å². The first-order chi connectivity index (χ1) is 17.0. The average molecular weight is 493 g/mol. The molecule has 2 aliphatic rings. The molecular formula is C27H25ClN2O5. The summed E-state index contributed by atoms with van der Waals surface area (Å²) in [7, 11) is 1.73. The zero-order valence-corrected chi connectivity index (χ0v) is 20.1. The maximum absolute atomic E-state index is 13.5. The van der Waals surface area contributed by atoms with Gasteiger partial charge >= 0.3 is 0 Å². The highest BCUT2D eigenvalue weighted by Gasteiger charge is 2.59. The lowest BCUT2D eigenvalue weighted by Gasteiger charge is -2.25. The quantitative estimate of drug-likeness (QED) is 0.442. The first kappa shape index (κ1) is 23.4. The van der Waals surface area contributed by atoms with Crippen LogP contribution in [0.5, 0.6) is 11.5 Å². The molecule has 5 rings (SSSR count). The number of anilines is 1. The lowest BCUT2D eigenvalue weighted by Crippen LogP contribution is -2.36. The minimum atomic E-state index is -0.891. The van der Waals surface area contributed by atoms with Gasteiger partial charge in [-0.05, 0) is 54.4 Å². The maximum Gasteiger partial charge on any atom is 0.265 e. The third-order valence-corrected chi connectivity index (χ3v) is 6.49. The Hall–Kier alpha value is -3.39. The number of nitrogens with zero attached hydrogens (tertiary/aromatic N) is 2. The van der Waals surface area contributed by atoms with Crippen LogP contribution in [0.2, 0.25) is 5.02 Å². The highest BCUT2D eigenvalue weighted by atomic mass is 35.5. The lowest BCUT2D eigenvalue weighted by atomic mass is 9.91. The van der Waals surface area contributed by atoms with Gasteiger partial charge in [0.05, 0.1) is 24.3 Å². The molecule has 8 heteroatoms. The summed E-state index contributed by atoms with van der Waals surface area (Å²) in [6.45, 7) is 2.76. The minimum absolute atomic E-state index is 0.306. The Kier molecular flexibility index (Phi) is 6.47. The zero-order chi connectivity index (χ0) is 24.5. The molecule has 3 aromatic carbocycles. The van der Waals surface area contributed by atoms with Gasteiger partial charge in [-0.25, -0.2) is 4.90 Å². The van der Waals surface area contributed by atoms with Crippen LogP contribution < -0.4 is 14.4 Å². The van der Waals surface area contributed by atoms with E-state index in [9.17, 15) is 9.59 Å². The normalized spacial score (nSPS) is 21.9. The summed E-state index contributed by atoms with van der Waals surface area (Å²) in [5, 5.41) is 2.11. The van der Waals surface area contributed by atoms with Crippen molar-refractivity contribution >= 4 is 29.1 Å². The Morgan fingerprint density at radius 2 is 1.66 bits per heavy atom. The number of carbonyl (C=O) groups is 2. The predicted octanol–water partition coefficient (Wildman–Crippen LogP) is 4.79. The van der Waals surface area contributed by atoms with E-state index in [2.05, 4.69) is 0 Å². The molecule has 0 saturated carbocycles. The molecule has 0 aromatic heterocycles. The fraction of sp³-hybridized carbons (Fsp3) is 0.259. The van der Waals surface area contributed by atoms with E-state index in [4.69, 9.17) is 25.9 Å². The molecule has 0 spiro atoms. The van der Waals surface area contributed by atoms with Crippen LogP contribution in [0.3, 0.4) is 0 Å².